The molecule has 1 N–H and O–H groups in total. The van der Waals surface area contributed by atoms with Crippen molar-refractivity contribution < 1.29 is 17.7 Å². The number of rotatable bonds is 1. The largest absolute Gasteiger partial charge is 0.367 e. The van der Waals surface area contributed by atoms with Gasteiger partial charge in [0.05, 0.1) is 0 Å². The van der Waals surface area contributed by atoms with Gasteiger partial charge in [-0.1, -0.05) is 30.3 Å². The second-order valence-corrected chi connectivity index (χ2v) is 4.07. The van der Waals surface area contributed by atoms with Gasteiger partial charge in [-0.3, -0.25) is 4.55 Å². The fourth-order valence-corrected chi connectivity index (χ4v) is 2.05. The molecular formula is C8H6O4S. The summed E-state index contributed by atoms with van der Waals surface area (Å²) in [5.74, 6) is -0.723. The molecule has 1 heterocycles. The minimum Gasteiger partial charge on any atom is -0.347 e. The second-order valence-electron chi connectivity index (χ2n) is 2.54. The fourth-order valence-electron chi connectivity index (χ4n) is 1.11. The van der Waals surface area contributed by atoms with E-state index in [1.165, 1.54) is 0 Å². The zero-order chi connectivity index (χ0) is 9.47. The molecule has 0 amide bonds. The monoisotopic (exact) mass is 198 g/mol. The normalized spacial score (nSPS) is 26.5. The topological polar surface area (TPSA) is 63.6 Å². The Labute approximate surface area is 75.2 Å². The first-order chi connectivity index (χ1) is 6.11. The van der Waals surface area contributed by atoms with Crippen LogP contribution in [0.25, 0.3) is 0 Å². The maximum absolute atomic E-state index is 11.1. The van der Waals surface area contributed by atoms with E-state index >= 15 is 0 Å². The molecule has 4 nitrogen and oxygen atoms in total. The highest BCUT2D eigenvalue weighted by Crippen LogP contribution is 2.15. The van der Waals surface area contributed by atoms with Crippen molar-refractivity contribution in [1.82, 2.24) is 0 Å². The van der Waals surface area contributed by atoms with Crippen LogP contribution in [0, 0.1) is 0 Å². The van der Waals surface area contributed by atoms with E-state index in [0.717, 1.165) is 0 Å². The van der Waals surface area contributed by atoms with Gasteiger partial charge in [-0.05, 0) is 0 Å². The van der Waals surface area contributed by atoms with Crippen LogP contribution >= 0.6 is 0 Å². The van der Waals surface area contributed by atoms with Gasteiger partial charge in [0.1, 0.15) is 0 Å². The highest BCUT2D eigenvalue weighted by molar-refractivity contribution is 7.97. The molecule has 0 saturated carbocycles. The molecule has 2 rings (SSSR count). The summed E-state index contributed by atoms with van der Waals surface area (Å²) in [6, 6.07) is 8.30. The Bertz CT molecular complexity index is 468. The molecule has 13 heavy (non-hydrogen) atoms. The molecule has 0 aromatic heterocycles. The third-order valence-electron chi connectivity index (χ3n) is 1.67. The number of carbonyl (C=O) groups is 1. The third-order valence-corrected chi connectivity index (χ3v) is 2.96. The quantitative estimate of drug-likeness (QED) is 0.665. The van der Waals surface area contributed by atoms with Crippen molar-refractivity contribution in [1.29, 1.82) is 0 Å². The third kappa shape index (κ3) is 1.22. The standard InChI is InChI=1S/C8H6O4S/c9-8-7(13(10,11)12-8)6-4-2-1-3-5-6/h1-5H,(H,10,11). The van der Waals surface area contributed by atoms with Gasteiger partial charge in [-0.25, -0.2) is 4.79 Å². The predicted molar refractivity (Wildman–Crippen MR) is 47.4 cm³/mol. The van der Waals surface area contributed by atoms with Gasteiger partial charge in [0.2, 0.25) is 0 Å². The van der Waals surface area contributed by atoms with Crippen LogP contribution in [-0.2, 0) is 19.1 Å². The Morgan fingerprint density at radius 1 is 1.23 bits per heavy atom. The van der Waals surface area contributed by atoms with Crippen molar-refractivity contribution in [2.45, 2.75) is 0 Å². The summed E-state index contributed by atoms with van der Waals surface area (Å²) >= 11 is 0. The first-order valence-corrected chi connectivity index (χ1v) is 4.98. The van der Waals surface area contributed by atoms with Crippen LogP contribution in [0.1, 0.15) is 5.56 Å². The van der Waals surface area contributed by atoms with E-state index in [2.05, 4.69) is 4.18 Å². The van der Waals surface area contributed by atoms with Gasteiger partial charge < -0.3 is 4.18 Å². The number of hydrogen-bond acceptors (Lipinski definition) is 3. The van der Waals surface area contributed by atoms with Crippen molar-refractivity contribution in [3.05, 3.63) is 35.9 Å². The van der Waals surface area contributed by atoms with E-state index in [4.69, 9.17) is 4.55 Å². The van der Waals surface area contributed by atoms with Gasteiger partial charge in [-0.15, -0.1) is 0 Å². The maximum Gasteiger partial charge on any atom is 0.367 e. The average Bonchev–Trinajstić information content (AvgIpc) is 2.04. The van der Waals surface area contributed by atoms with Crippen LogP contribution in [0.2, 0.25) is 0 Å². The number of benzene rings is 1. The molecule has 5 heteroatoms. The van der Waals surface area contributed by atoms with Gasteiger partial charge in [0.15, 0.2) is 4.86 Å². The lowest BCUT2D eigenvalue weighted by Gasteiger charge is -2.18. The molecule has 0 spiro atoms. The summed E-state index contributed by atoms with van der Waals surface area (Å²) in [7, 11) is -3.51. The van der Waals surface area contributed by atoms with E-state index in [1.807, 2.05) is 0 Å². The van der Waals surface area contributed by atoms with Crippen LogP contribution in [0.5, 0.6) is 0 Å². The minimum atomic E-state index is -3.51. The molecule has 1 aromatic rings. The molecule has 1 aliphatic heterocycles. The highest BCUT2D eigenvalue weighted by Gasteiger charge is 2.36. The second kappa shape index (κ2) is 2.58. The molecule has 0 saturated heterocycles. The number of hydrogen-bond donors (Lipinski definition) is 1. The minimum absolute atomic E-state index is 0.145. The lowest BCUT2D eigenvalue weighted by Crippen LogP contribution is -2.39. The van der Waals surface area contributed by atoms with Crippen molar-refractivity contribution in [2.24, 2.45) is 0 Å². The van der Waals surface area contributed by atoms with E-state index in [-0.39, 0.29) is 4.86 Å². The SMILES string of the molecule is O=C1OS(=O)(O)=C1c1ccccc1. The van der Waals surface area contributed by atoms with E-state index < -0.39 is 16.1 Å². The van der Waals surface area contributed by atoms with Gasteiger partial charge in [-0.2, -0.15) is 4.21 Å². The molecular weight excluding hydrogens is 192 g/mol. The molecule has 1 aliphatic rings. The summed E-state index contributed by atoms with van der Waals surface area (Å²) in [6.45, 7) is 0. The zero-order valence-electron chi connectivity index (χ0n) is 6.47. The smallest absolute Gasteiger partial charge is 0.347 e. The predicted octanol–water partition coefficient (Wildman–Crippen LogP) is 0.436. The molecule has 1 atom stereocenters. The van der Waals surface area contributed by atoms with Crippen molar-refractivity contribution >= 4 is 20.9 Å². The lowest BCUT2D eigenvalue weighted by atomic mass is 10.1. The Morgan fingerprint density at radius 2 is 1.85 bits per heavy atom. The van der Waals surface area contributed by atoms with Gasteiger partial charge in [0.25, 0.3) is 10.1 Å². The van der Waals surface area contributed by atoms with Crippen LogP contribution in [-0.4, -0.2) is 19.6 Å². The highest BCUT2D eigenvalue weighted by atomic mass is 32.2. The maximum atomic E-state index is 11.1. The molecule has 1 aromatic carbocycles. The summed E-state index contributed by atoms with van der Waals surface area (Å²) in [4.78, 5) is 10.7. The molecule has 0 aliphatic carbocycles. The molecule has 0 fully saturated rings. The molecule has 68 valence electrons. The van der Waals surface area contributed by atoms with Crippen LogP contribution < -0.4 is 0 Å². The van der Waals surface area contributed by atoms with Crippen molar-refractivity contribution in [3.8, 4) is 0 Å². The summed E-state index contributed by atoms with van der Waals surface area (Å²) < 4.78 is 24.2. The summed E-state index contributed by atoms with van der Waals surface area (Å²) in [6.07, 6.45) is 0. The van der Waals surface area contributed by atoms with Gasteiger partial charge in [0, 0.05) is 5.56 Å². The zero-order valence-corrected chi connectivity index (χ0v) is 7.28. The van der Waals surface area contributed by atoms with E-state index in [0.29, 0.717) is 5.56 Å². The van der Waals surface area contributed by atoms with Crippen LogP contribution in [0.3, 0.4) is 0 Å². The first kappa shape index (κ1) is 8.28. The first-order valence-electron chi connectivity index (χ1n) is 3.54. The molecule has 0 radical (unpaired) electrons. The van der Waals surface area contributed by atoms with Crippen LogP contribution in [0.15, 0.2) is 30.3 Å². The van der Waals surface area contributed by atoms with Crippen LogP contribution in [0.4, 0.5) is 0 Å². The Hall–Kier alpha value is -1.33. The number of carbonyl (C=O) groups excluding carboxylic acids is 1. The van der Waals surface area contributed by atoms with E-state index in [1.54, 1.807) is 30.3 Å². The molecule has 1 unspecified atom stereocenters. The van der Waals surface area contributed by atoms with Crippen molar-refractivity contribution in [2.75, 3.05) is 0 Å². The Morgan fingerprint density at radius 3 is 2.31 bits per heavy atom. The fraction of sp³-hybridized carbons (Fsp3) is 0. The summed E-state index contributed by atoms with van der Waals surface area (Å²) in [5, 5.41) is 0. The van der Waals surface area contributed by atoms with Crippen molar-refractivity contribution in [3.63, 3.8) is 0 Å². The Kier molecular flexibility index (Phi) is 1.64. The average molecular weight is 198 g/mol. The van der Waals surface area contributed by atoms with Gasteiger partial charge >= 0.3 is 5.97 Å². The lowest BCUT2D eigenvalue weighted by molar-refractivity contribution is -0.127. The summed E-state index contributed by atoms with van der Waals surface area (Å²) in [5.41, 5.74) is 0.436. The van der Waals surface area contributed by atoms with E-state index in [9.17, 15) is 9.00 Å². The Balaban J connectivity index is 2.62. The molecule has 0 bridgehead atoms.